The normalized spacial score (nSPS) is 10.4. The van der Waals surface area contributed by atoms with Crippen LogP contribution in [0.5, 0.6) is 6.01 Å². The van der Waals surface area contributed by atoms with Crippen molar-refractivity contribution in [1.29, 1.82) is 0 Å². The summed E-state index contributed by atoms with van der Waals surface area (Å²) in [7, 11) is 0. The number of alkyl halides is 2. The van der Waals surface area contributed by atoms with Crippen LogP contribution >= 0.6 is 31.9 Å². The van der Waals surface area contributed by atoms with Gasteiger partial charge in [-0.15, -0.1) is 0 Å². The predicted molar refractivity (Wildman–Crippen MR) is 41.9 cm³/mol. The van der Waals surface area contributed by atoms with Gasteiger partial charge in [0, 0.05) is 0 Å². The molecular formula is C4HBr2F2N3O. The van der Waals surface area contributed by atoms with Gasteiger partial charge < -0.3 is 4.74 Å². The first-order chi connectivity index (χ1) is 5.58. The van der Waals surface area contributed by atoms with Gasteiger partial charge in [-0.2, -0.15) is 23.7 Å². The lowest BCUT2D eigenvalue weighted by Gasteiger charge is -2.01. The summed E-state index contributed by atoms with van der Waals surface area (Å²) in [6.45, 7) is -2.94. The standard InChI is InChI=1S/C4HBr2F2N3O/c5-1-9-2(6)11-4(10-1)12-3(7)8/h3H. The molecule has 8 heteroatoms. The van der Waals surface area contributed by atoms with E-state index in [0.717, 1.165) is 0 Å². The van der Waals surface area contributed by atoms with Crippen molar-refractivity contribution in [2.24, 2.45) is 0 Å². The van der Waals surface area contributed by atoms with Gasteiger partial charge in [0.2, 0.25) is 9.47 Å². The van der Waals surface area contributed by atoms with Crippen molar-refractivity contribution in [2.45, 2.75) is 6.61 Å². The van der Waals surface area contributed by atoms with Crippen LogP contribution in [-0.4, -0.2) is 21.6 Å². The van der Waals surface area contributed by atoms with Gasteiger partial charge in [-0.05, 0) is 31.9 Å². The molecule has 0 aliphatic heterocycles. The molecule has 12 heavy (non-hydrogen) atoms. The zero-order chi connectivity index (χ0) is 9.14. The number of nitrogens with zero attached hydrogens (tertiary/aromatic N) is 3. The van der Waals surface area contributed by atoms with E-state index in [0.29, 0.717) is 0 Å². The van der Waals surface area contributed by atoms with Crippen molar-refractivity contribution in [3.8, 4) is 6.01 Å². The molecule has 0 aliphatic carbocycles. The highest BCUT2D eigenvalue weighted by Crippen LogP contribution is 2.13. The maximum atomic E-state index is 11.6. The number of ether oxygens (including phenoxy) is 1. The molecule has 0 spiro atoms. The van der Waals surface area contributed by atoms with Crippen LogP contribution in [0, 0.1) is 0 Å². The SMILES string of the molecule is FC(F)Oc1nc(Br)nc(Br)n1. The van der Waals surface area contributed by atoms with Crippen molar-refractivity contribution in [3.05, 3.63) is 9.47 Å². The maximum absolute atomic E-state index is 11.6. The summed E-state index contributed by atoms with van der Waals surface area (Å²) in [6, 6.07) is -0.432. The fraction of sp³-hybridized carbons (Fsp3) is 0.250. The Bertz CT molecular complexity index is 265. The Hall–Kier alpha value is -0.370. The van der Waals surface area contributed by atoms with Crippen LogP contribution in [0.2, 0.25) is 0 Å². The minimum Gasteiger partial charge on any atom is -0.401 e. The van der Waals surface area contributed by atoms with Gasteiger partial charge in [0.1, 0.15) is 0 Å². The fourth-order valence-electron chi connectivity index (χ4n) is 0.441. The van der Waals surface area contributed by atoms with Crippen molar-refractivity contribution in [3.63, 3.8) is 0 Å². The minimum absolute atomic E-state index is 0.125. The van der Waals surface area contributed by atoms with E-state index in [2.05, 4.69) is 51.5 Å². The van der Waals surface area contributed by atoms with E-state index in [1.807, 2.05) is 0 Å². The molecule has 0 aliphatic rings. The Morgan fingerprint density at radius 1 is 1.08 bits per heavy atom. The average molecular weight is 305 g/mol. The molecule has 0 saturated heterocycles. The molecule has 0 fully saturated rings. The van der Waals surface area contributed by atoms with Gasteiger partial charge >= 0.3 is 12.6 Å². The molecule has 0 unspecified atom stereocenters. The van der Waals surface area contributed by atoms with Gasteiger partial charge in [0.05, 0.1) is 0 Å². The minimum atomic E-state index is -2.94. The Kier molecular flexibility index (Phi) is 3.27. The molecule has 1 heterocycles. The highest BCUT2D eigenvalue weighted by atomic mass is 79.9. The third kappa shape index (κ3) is 2.94. The van der Waals surface area contributed by atoms with Crippen LogP contribution in [0.3, 0.4) is 0 Å². The van der Waals surface area contributed by atoms with Crippen LogP contribution in [0.15, 0.2) is 9.47 Å². The number of halogens is 4. The number of hydrogen-bond acceptors (Lipinski definition) is 4. The molecule has 1 aromatic heterocycles. The van der Waals surface area contributed by atoms with Gasteiger partial charge in [0.15, 0.2) is 0 Å². The third-order valence-corrected chi connectivity index (χ3v) is 1.46. The zero-order valence-corrected chi connectivity index (χ0v) is 8.51. The monoisotopic (exact) mass is 303 g/mol. The van der Waals surface area contributed by atoms with Crippen LogP contribution in [0.4, 0.5) is 8.78 Å². The highest BCUT2D eigenvalue weighted by molar-refractivity contribution is 9.11. The topological polar surface area (TPSA) is 47.9 Å². The molecule has 1 aromatic rings. The first-order valence-electron chi connectivity index (χ1n) is 2.60. The number of rotatable bonds is 2. The molecule has 0 amide bonds. The first-order valence-corrected chi connectivity index (χ1v) is 4.18. The molecule has 0 atom stereocenters. The summed E-state index contributed by atoms with van der Waals surface area (Å²) < 4.78 is 27.4. The Morgan fingerprint density at radius 3 is 2.00 bits per heavy atom. The zero-order valence-electron chi connectivity index (χ0n) is 5.34. The second-order valence-electron chi connectivity index (χ2n) is 1.53. The summed E-state index contributed by atoms with van der Waals surface area (Å²) >= 11 is 5.77. The maximum Gasteiger partial charge on any atom is 0.389 e. The van der Waals surface area contributed by atoms with Crippen molar-refractivity contribution < 1.29 is 13.5 Å². The van der Waals surface area contributed by atoms with Crippen LogP contribution in [-0.2, 0) is 0 Å². The quantitative estimate of drug-likeness (QED) is 0.838. The average Bonchev–Trinajstić information content (AvgIpc) is 1.81. The molecule has 0 bridgehead atoms. The highest BCUT2D eigenvalue weighted by Gasteiger charge is 2.09. The molecule has 0 radical (unpaired) electrons. The van der Waals surface area contributed by atoms with E-state index in [4.69, 9.17) is 0 Å². The van der Waals surface area contributed by atoms with E-state index in [-0.39, 0.29) is 9.47 Å². The summed E-state index contributed by atoms with van der Waals surface area (Å²) in [4.78, 5) is 10.5. The summed E-state index contributed by atoms with van der Waals surface area (Å²) in [5.41, 5.74) is 0. The summed E-state index contributed by atoms with van der Waals surface area (Å²) in [5, 5.41) is 0. The van der Waals surface area contributed by atoms with Crippen molar-refractivity contribution in [1.82, 2.24) is 15.0 Å². The predicted octanol–water partition coefficient (Wildman–Crippen LogP) is 2.00. The number of aromatic nitrogens is 3. The third-order valence-electron chi connectivity index (χ3n) is 0.755. The Balaban J connectivity index is 2.85. The smallest absolute Gasteiger partial charge is 0.389 e. The van der Waals surface area contributed by atoms with E-state index in [1.54, 1.807) is 0 Å². The fourth-order valence-corrected chi connectivity index (χ4v) is 1.32. The van der Waals surface area contributed by atoms with E-state index < -0.39 is 12.6 Å². The van der Waals surface area contributed by atoms with Gasteiger partial charge in [-0.1, -0.05) is 0 Å². The Morgan fingerprint density at radius 2 is 1.58 bits per heavy atom. The second kappa shape index (κ2) is 4.04. The molecule has 1 rings (SSSR count). The van der Waals surface area contributed by atoms with Gasteiger partial charge in [-0.3, -0.25) is 0 Å². The van der Waals surface area contributed by atoms with E-state index in [1.165, 1.54) is 0 Å². The second-order valence-corrected chi connectivity index (χ2v) is 2.95. The van der Waals surface area contributed by atoms with Crippen LogP contribution < -0.4 is 4.74 Å². The Labute approximate surface area is 82.6 Å². The van der Waals surface area contributed by atoms with Crippen LogP contribution in [0.1, 0.15) is 0 Å². The molecule has 66 valence electrons. The largest absolute Gasteiger partial charge is 0.401 e. The molecule has 0 N–H and O–H groups in total. The van der Waals surface area contributed by atoms with Crippen molar-refractivity contribution in [2.75, 3.05) is 0 Å². The number of hydrogen-bond donors (Lipinski definition) is 0. The van der Waals surface area contributed by atoms with Crippen molar-refractivity contribution >= 4 is 31.9 Å². The lowest BCUT2D eigenvalue weighted by Crippen LogP contribution is -2.06. The van der Waals surface area contributed by atoms with E-state index >= 15 is 0 Å². The van der Waals surface area contributed by atoms with Crippen LogP contribution in [0.25, 0.3) is 0 Å². The molecule has 0 saturated carbocycles. The summed E-state index contributed by atoms with van der Waals surface area (Å²) in [6.07, 6.45) is 0. The molecular weight excluding hydrogens is 304 g/mol. The van der Waals surface area contributed by atoms with E-state index in [9.17, 15) is 8.78 Å². The summed E-state index contributed by atoms with van der Waals surface area (Å²) in [5.74, 6) is 0. The molecule has 0 aromatic carbocycles. The lowest BCUT2D eigenvalue weighted by atomic mass is 11.0. The van der Waals surface area contributed by atoms with Gasteiger partial charge in [-0.25, -0.2) is 0 Å². The first kappa shape index (κ1) is 9.72. The van der Waals surface area contributed by atoms with Gasteiger partial charge in [0.25, 0.3) is 0 Å². The lowest BCUT2D eigenvalue weighted by molar-refractivity contribution is -0.0564. The molecule has 4 nitrogen and oxygen atoms in total.